The normalized spacial score (nSPS) is 10.4. The molecule has 2 aromatic carbocycles. The molecule has 30 heavy (non-hydrogen) atoms. The first-order valence-electron chi connectivity index (χ1n) is 9.78. The molecule has 3 rings (SSSR count). The Morgan fingerprint density at radius 3 is 2.30 bits per heavy atom. The number of halogens is 1. The van der Waals surface area contributed by atoms with Crippen molar-refractivity contribution >= 4 is 34.7 Å². The number of para-hydroxylation sites is 1. The van der Waals surface area contributed by atoms with E-state index in [4.69, 9.17) is 0 Å². The van der Waals surface area contributed by atoms with Crippen LogP contribution in [0.1, 0.15) is 19.7 Å². The molecule has 3 N–H and O–H groups in total. The number of nitrogens with one attached hydrogen (secondary N) is 3. The molecular weight excluding hydrogens is 383 g/mol. The zero-order chi connectivity index (χ0) is 21.5. The van der Waals surface area contributed by atoms with E-state index in [0.29, 0.717) is 17.3 Å². The molecule has 0 saturated heterocycles. The van der Waals surface area contributed by atoms with Gasteiger partial charge >= 0.3 is 6.03 Å². The summed E-state index contributed by atoms with van der Waals surface area (Å²) >= 11 is 0. The van der Waals surface area contributed by atoms with Gasteiger partial charge in [0, 0.05) is 30.5 Å². The van der Waals surface area contributed by atoms with E-state index in [1.54, 1.807) is 24.3 Å². The van der Waals surface area contributed by atoms with Crippen molar-refractivity contribution in [2.75, 3.05) is 33.9 Å². The van der Waals surface area contributed by atoms with Crippen LogP contribution in [0.2, 0.25) is 0 Å². The molecule has 0 saturated carbocycles. The van der Waals surface area contributed by atoms with Gasteiger partial charge in [0.05, 0.1) is 5.69 Å². The van der Waals surface area contributed by atoms with Crippen LogP contribution in [0.3, 0.4) is 0 Å². The van der Waals surface area contributed by atoms with Crippen molar-refractivity contribution in [1.82, 2.24) is 9.97 Å². The van der Waals surface area contributed by atoms with Gasteiger partial charge in [-0.25, -0.2) is 19.2 Å². The lowest BCUT2D eigenvalue weighted by atomic mass is 10.2. The van der Waals surface area contributed by atoms with Crippen LogP contribution in [-0.2, 0) is 0 Å². The van der Waals surface area contributed by atoms with Gasteiger partial charge in [0.15, 0.2) is 0 Å². The van der Waals surface area contributed by atoms with Crippen LogP contribution >= 0.6 is 0 Å². The summed E-state index contributed by atoms with van der Waals surface area (Å²) in [6.45, 7) is 7.76. The first-order valence-corrected chi connectivity index (χ1v) is 9.78. The van der Waals surface area contributed by atoms with Gasteiger partial charge in [0.1, 0.15) is 23.3 Å². The first-order chi connectivity index (χ1) is 14.5. The number of hydrogen-bond acceptors (Lipinski definition) is 5. The van der Waals surface area contributed by atoms with Crippen LogP contribution in [0, 0.1) is 12.7 Å². The Morgan fingerprint density at radius 1 is 0.967 bits per heavy atom. The van der Waals surface area contributed by atoms with E-state index in [-0.39, 0.29) is 5.69 Å². The number of aromatic nitrogens is 2. The van der Waals surface area contributed by atoms with Crippen molar-refractivity contribution in [3.8, 4) is 0 Å². The van der Waals surface area contributed by atoms with Gasteiger partial charge in [-0.15, -0.1) is 0 Å². The quantitative estimate of drug-likeness (QED) is 0.503. The molecule has 7 nitrogen and oxygen atoms in total. The third kappa shape index (κ3) is 5.44. The molecule has 0 aliphatic carbocycles. The Balaban J connectivity index is 1.65. The summed E-state index contributed by atoms with van der Waals surface area (Å²) in [4.78, 5) is 23.2. The Morgan fingerprint density at radius 2 is 1.63 bits per heavy atom. The number of aryl methyl sites for hydroxylation is 1. The van der Waals surface area contributed by atoms with E-state index in [1.807, 2.05) is 25.1 Å². The highest BCUT2D eigenvalue weighted by atomic mass is 19.1. The maximum Gasteiger partial charge on any atom is 0.323 e. The first kappa shape index (κ1) is 21.0. The summed E-state index contributed by atoms with van der Waals surface area (Å²) in [6.07, 6.45) is 0. The monoisotopic (exact) mass is 408 g/mol. The van der Waals surface area contributed by atoms with E-state index in [9.17, 15) is 9.18 Å². The number of carbonyl (C=O) groups excluding carboxylic acids is 1. The van der Waals surface area contributed by atoms with E-state index in [0.717, 1.165) is 24.6 Å². The average Bonchev–Trinajstić information content (AvgIpc) is 2.72. The lowest BCUT2D eigenvalue weighted by Crippen LogP contribution is -2.23. The number of hydrogen-bond donors (Lipinski definition) is 3. The molecule has 0 aliphatic heterocycles. The summed E-state index contributed by atoms with van der Waals surface area (Å²) < 4.78 is 13.6. The lowest BCUT2D eigenvalue weighted by molar-refractivity contribution is 0.262. The summed E-state index contributed by atoms with van der Waals surface area (Å²) in [7, 11) is 0. The fraction of sp³-hybridized carbons (Fsp3) is 0.227. The molecule has 8 heteroatoms. The van der Waals surface area contributed by atoms with Crippen molar-refractivity contribution in [1.29, 1.82) is 0 Å². The molecule has 0 atom stereocenters. The predicted octanol–water partition coefficient (Wildman–Crippen LogP) is 5.16. The van der Waals surface area contributed by atoms with E-state index >= 15 is 0 Å². The van der Waals surface area contributed by atoms with E-state index in [1.165, 1.54) is 12.1 Å². The summed E-state index contributed by atoms with van der Waals surface area (Å²) in [6, 6.07) is 14.6. The number of nitrogens with zero attached hydrogens (tertiary/aromatic N) is 3. The smallest absolute Gasteiger partial charge is 0.323 e. The number of benzene rings is 2. The highest BCUT2D eigenvalue weighted by Crippen LogP contribution is 2.21. The Kier molecular flexibility index (Phi) is 6.79. The van der Waals surface area contributed by atoms with Crippen molar-refractivity contribution in [2.45, 2.75) is 20.8 Å². The Hall–Kier alpha value is -3.68. The van der Waals surface area contributed by atoms with Crippen LogP contribution in [0.4, 0.5) is 37.9 Å². The van der Waals surface area contributed by atoms with Crippen molar-refractivity contribution < 1.29 is 9.18 Å². The van der Waals surface area contributed by atoms with Gasteiger partial charge < -0.3 is 20.9 Å². The molecule has 0 spiro atoms. The number of carbonyl (C=O) groups is 1. The largest absolute Gasteiger partial charge is 0.357 e. The van der Waals surface area contributed by atoms with Crippen LogP contribution in [-0.4, -0.2) is 29.1 Å². The second kappa shape index (κ2) is 9.69. The molecule has 1 heterocycles. The van der Waals surface area contributed by atoms with Crippen molar-refractivity contribution in [3.63, 3.8) is 0 Å². The highest BCUT2D eigenvalue weighted by Gasteiger charge is 2.09. The molecule has 0 bridgehead atoms. The summed E-state index contributed by atoms with van der Waals surface area (Å²) in [5.74, 6) is 1.77. The SMILES string of the molecule is CCN(CC)c1cc(Nc2ccc(NC(=O)Nc3ccccc3F)cc2)nc(C)n1. The summed E-state index contributed by atoms with van der Waals surface area (Å²) in [5, 5.41) is 8.43. The van der Waals surface area contributed by atoms with Crippen LogP contribution in [0.15, 0.2) is 54.6 Å². The van der Waals surface area contributed by atoms with Crippen LogP contribution in [0.25, 0.3) is 0 Å². The molecule has 156 valence electrons. The van der Waals surface area contributed by atoms with Crippen LogP contribution in [0.5, 0.6) is 0 Å². The van der Waals surface area contributed by atoms with Gasteiger partial charge in [0.2, 0.25) is 0 Å². The van der Waals surface area contributed by atoms with Gasteiger partial charge in [-0.05, 0) is 57.2 Å². The molecule has 0 radical (unpaired) electrons. The minimum absolute atomic E-state index is 0.122. The molecule has 0 aliphatic rings. The van der Waals surface area contributed by atoms with Gasteiger partial charge in [0.25, 0.3) is 0 Å². The number of amides is 2. The minimum Gasteiger partial charge on any atom is -0.357 e. The maximum absolute atomic E-state index is 13.6. The van der Waals surface area contributed by atoms with Crippen molar-refractivity contribution in [2.24, 2.45) is 0 Å². The summed E-state index contributed by atoms with van der Waals surface area (Å²) in [5.41, 5.74) is 1.52. The molecule has 0 unspecified atom stereocenters. The second-order valence-corrected chi connectivity index (χ2v) is 6.59. The van der Waals surface area contributed by atoms with E-state index < -0.39 is 11.8 Å². The fourth-order valence-corrected chi connectivity index (χ4v) is 2.96. The Bertz CT molecular complexity index is 1000. The van der Waals surface area contributed by atoms with Gasteiger partial charge in [-0.1, -0.05) is 12.1 Å². The van der Waals surface area contributed by atoms with Gasteiger partial charge in [-0.2, -0.15) is 0 Å². The van der Waals surface area contributed by atoms with E-state index in [2.05, 4.69) is 44.7 Å². The standard InChI is InChI=1S/C22H25FN6O/c1-4-29(5-2)21-14-20(24-15(3)25-21)26-16-10-12-17(13-11-16)27-22(30)28-19-9-7-6-8-18(19)23/h6-14H,4-5H2,1-3H3,(H,24,25,26)(H2,27,28,30). The zero-order valence-electron chi connectivity index (χ0n) is 17.2. The highest BCUT2D eigenvalue weighted by molar-refractivity contribution is 5.99. The zero-order valence-corrected chi connectivity index (χ0v) is 17.2. The molecule has 3 aromatic rings. The van der Waals surface area contributed by atoms with Crippen LogP contribution < -0.4 is 20.9 Å². The number of urea groups is 1. The topological polar surface area (TPSA) is 82.2 Å². The maximum atomic E-state index is 13.6. The lowest BCUT2D eigenvalue weighted by Gasteiger charge is -2.20. The average molecular weight is 408 g/mol. The minimum atomic E-state index is -0.518. The number of rotatable bonds is 7. The third-order valence-electron chi connectivity index (χ3n) is 4.45. The third-order valence-corrected chi connectivity index (χ3v) is 4.45. The Labute approximate surface area is 175 Å². The molecule has 2 amide bonds. The molecular formula is C22H25FN6O. The molecule has 0 fully saturated rings. The van der Waals surface area contributed by atoms with Gasteiger partial charge in [-0.3, -0.25) is 0 Å². The fourth-order valence-electron chi connectivity index (χ4n) is 2.96. The van der Waals surface area contributed by atoms with Crippen molar-refractivity contribution in [3.05, 3.63) is 66.2 Å². The molecule has 1 aromatic heterocycles. The predicted molar refractivity (Wildman–Crippen MR) is 119 cm³/mol. The second-order valence-electron chi connectivity index (χ2n) is 6.59. The number of anilines is 5.